The third-order valence-electron chi connectivity index (χ3n) is 2.95. The number of aryl methyl sites for hydroxylation is 2. The van der Waals surface area contributed by atoms with Crippen LogP contribution in [0.3, 0.4) is 0 Å². The summed E-state index contributed by atoms with van der Waals surface area (Å²) >= 11 is 3.16. The fraction of sp³-hybridized carbons (Fsp3) is 0.214. The predicted molar refractivity (Wildman–Crippen MR) is 85.2 cm³/mol. The second-order valence-electron chi connectivity index (χ2n) is 4.72. The minimum Gasteiger partial charge on any atom is -0.397 e. The average molecular weight is 351 g/mol. The summed E-state index contributed by atoms with van der Waals surface area (Å²) in [6, 6.07) is 5.35. The van der Waals surface area contributed by atoms with Crippen LogP contribution >= 0.6 is 15.9 Å². The minimum atomic E-state index is -0.342. The van der Waals surface area contributed by atoms with E-state index in [0.717, 1.165) is 5.56 Å². The molecule has 0 fully saturated rings. The lowest BCUT2D eigenvalue weighted by Crippen LogP contribution is -2.29. The molecule has 0 unspecified atom stereocenters. The summed E-state index contributed by atoms with van der Waals surface area (Å²) < 4.78 is 1.59. The van der Waals surface area contributed by atoms with E-state index in [0.29, 0.717) is 21.5 Å². The van der Waals surface area contributed by atoms with Gasteiger partial charge >= 0.3 is 0 Å². The molecule has 1 amide bonds. The summed E-state index contributed by atoms with van der Waals surface area (Å²) in [4.78, 5) is 28.0. The van der Waals surface area contributed by atoms with Crippen molar-refractivity contribution >= 4 is 33.2 Å². The van der Waals surface area contributed by atoms with E-state index in [1.165, 1.54) is 10.9 Å². The lowest BCUT2D eigenvalue weighted by molar-refractivity contribution is -0.116. The van der Waals surface area contributed by atoms with Gasteiger partial charge in [0.15, 0.2) is 0 Å². The van der Waals surface area contributed by atoms with Crippen molar-refractivity contribution in [2.45, 2.75) is 20.4 Å². The van der Waals surface area contributed by atoms with E-state index in [-0.39, 0.29) is 18.0 Å². The largest absolute Gasteiger partial charge is 0.397 e. The number of nitrogens with two attached hydrogens (primary N) is 1. The van der Waals surface area contributed by atoms with E-state index in [9.17, 15) is 9.59 Å². The minimum absolute atomic E-state index is 0.127. The maximum Gasteiger partial charge on any atom is 0.268 e. The van der Waals surface area contributed by atoms with Gasteiger partial charge in [0.25, 0.3) is 5.56 Å². The number of rotatable bonds is 3. The molecule has 0 saturated carbocycles. The summed E-state index contributed by atoms with van der Waals surface area (Å²) in [5.74, 6) is -0.342. The number of halogens is 1. The van der Waals surface area contributed by atoms with Gasteiger partial charge in [-0.05, 0) is 47.5 Å². The number of carbonyl (C=O) groups is 1. The molecule has 3 N–H and O–H groups in total. The molecular weight excluding hydrogens is 336 g/mol. The highest BCUT2D eigenvalue weighted by molar-refractivity contribution is 9.10. The summed E-state index contributed by atoms with van der Waals surface area (Å²) in [5.41, 5.74) is 8.14. The van der Waals surface area contributed by atoms with Gasteiger partial charge in [-0.3, -0.25) is 14.2 Å². The Morgan fingerprint density at radius 3 is 2.81 bits per heavy atom. The van der Waals surface area contributed by atoms with Gasteiger partial charge in [0.2, 0.25) is 5.91 Å². The molecular formula is C14H15BrN4O2. The quantitative estimate of drug-likeness (QED) is 0.826. The summed E-state index contributed by atoms with van der Waals surface area (Å²) in [6.07, 6.45) is 1.35. The Balaban J connectivity index is 2.16. The van der Waals surface area contributed by atoms with Gasteiger partial charge in [-0.15, -0.1) is 0 Å². The molecule has 1 aromatic carbocycles. The van der Waals surface area contributed by atoms with Crippen LogP contribution in [-0.4, -0.2) is 15.5 Å². The second kappa shape index (κ2) is 6.09. The third-order valence-corrected chi connectivity index (χ3v) is 3.87. The first-order chi connectivity index (χ1) is 9.88. The molecule has 0 aliphatic rings. The van der Waals surface area contributed by atoms with Gasteiger partial charge in [-0.2, -0.15) is 0 Å². The van der Waals surface area contributed by atoms with Crippen molar-refractivity contribution in [1.82, 2.24) is 9.55 Å². The Hall–Kier alpha value is -2.15. The number of hydrogen-bond donors (Lipinski definition) is 2. The number of nitrogen functional groups attached to an aromatic ring is 1. The molecule has 2 aromatic rings. The van der Waals surface area contributed by atoms with Gasteiger partial charge in [0, 0.05) is 0 Å². The van der Waals surface area contributed by atoms with E-state index in [1.807, 2.05) is 13.0 Å². The molecule has 0 spiro atoms. The number of amides is 1. The predicted octanol–water partition coefficient (Wildman–Crippen LogP) is 1.84. The molecule has 0 bridgehead atoms. The molecule has 0 aliphatic carbocycles. The van der Waals surface area contributed by atoms with Crippen LogP contribution in [0.25, 0.3) is 0 Å². The van der Waals surface area contributed by atoms with Crippen LogP contribution in [0.1, 0.15) is 11.3 Å². The molecule has 110 valence electrons. The normalized spacial score (nSPS) is 10.4. The van der Waals surface area contributed by atoms with E-state index >= 15 is 0 Å². The molecule has 0 atom stereocenters. The van der Waals surface area contributed by atoms with Crippen LogP contribution < -0.4 is 16.6 Å². The number of hydrogen-bond acceptors (Lipinski definition) is 4. The number of nitrogens with zero attached hydrogens (tertiary/aromatic N) is 2. The first kappa shape index (κ1) is 15.2. The maximum absolute atomic E-state index is 12.0. The van der Waals surface area contributed by atoms with Crippen molar-refractivity contribution in [3.8, 4) is 0 Å². The topological polar surface area (TPSA) is 90.0 Å². The molecule has 1 heterocycles. The number of carbonyl (C=O) groups excluding carboxylic acids is 1. The number of nitrogens with one attached hydrogen (secondary N) is 1. The van der Waals surface area contributed by atoms with Gasteiger partial charge in [-0.1, -0.05) is 6.07 Å². The molecule has 1 aromatic heterocycles. The van der Waals surface area contributed by atoms with Crippen LogP contribution in [0.15, 0.2) is 33.8 Å². The Labute approximate surface area is 130 Å². The molecule has 0 radical (unpaired) electrons. The zero-order chi connectivity index (χ0) is 15.6. The Morgan fingerprint density at radius 1 is 1.43 bits per heavy atom. The van der Waals surface area contributed by atoms with Crippen molar-refractivity contribution in [2.75, 3.05) is 11.1 Å². The molecule has 2 rings (SSSR count). The van der Waals surface area contributed by atoms with Gasteiger partial charge < -0.3 is 11.1 Å². The monoisotopic (exact) mass is 350 g/mol. The van der Waals surface area contributed by atoms with Crippen LogP contribution in [0.5, 0.6) is 0 Å². The van der Waals surface area contributed by atoms with E-state index < -0.39 is 0 Å². The molecule has 21 heavy (non-hydrogen) atoms. The molecule has 7 heteroatoms. The highest BCUT2D eigenvalue weighted by atomic mass is 79.9. The number of benzene rings is 1. The first-order valence-electron chi connectivity index (χ1n) is 6.26. The molecule has 0 aliphatic heterocycles. The fourth-order valence-corrected chi connectivity index (χ4v) is 2.13. The Morgan fingerprint density at radius 2 is 2.14 bits per heavy atom. The standard InChI is InChI=1S/C14H15BrN4O2/c1-8-3-4-11(10(16)5-8)18-12(20)6-19-7-17-9(2)13(15)14(19)21/h3-5,7H,6,16H2,1-2H3,(H,18,20). The number of aromatic nitrogens is 2. The zero-order valence-electron chi connectivity index (χ0n) is 11.7. The van der Waals surface area contributed by atoms with E-state index in [4.69, 9.17) is 5.73 Å². The third kappa shape index (κ3) is 3.49. The van der Waals surface area contributed by atoms with Gasteiger partial charge in [0.1, 0.15) is 11.0 Å². The Kier molecular flexibility index (Phi) is 4.42. The Bertz CT molecular complexity index is 755. The van der Waals surface area contributed by atoms with Crippen molar-refractivity contribution in [3.05, 3.63) is 50.6 Å². The van der Waals surface area contributed by atoms with Crippen molar-refractivity contribution in [1.29, 1.82) is 0 Å². The average Bonchev–Trinajstić information content (AvgIpc) is 2.43. The lowest BCUT2D eigenvalue weighted by atomic mass is 10.2. The summed E-state index contributed by atoms with van der Waals surface area (Å²) in [7, 11) is 0. The molecule has 0 saturated heterocycles. The SMILES string of the molecule is Cc1ccc(NC(=O)Cn2cnc(C)c(Br)c2=O)c(N)c1. The van der Waals surface area contributed by atoms with Crippen LogP contribution in [0.2, 0.25) is 0 Å². The summed E-state index contributed by atoms with van der Waals surface area (Å²) in [5, 5.41) is 2.68. The smallest absolute Gasteiger partial charge is 0.268 e. The first-order valence-corrected chi connectivity index (χ1v) is 7.05. The van der Waals surface area contributed by atoms with E-state index in [1.54, 1.807) is 19.1 Å². The van der Waals surface area contributed by atoms with Crippen molar-refractivity contribution < 1.29 is 4.79 Å². The van der Waals surface area contributed by atoms with Gasteiger partial charge in [0.05, 0.1) is 23.4 Å². The lowest BCUT2D eigenvalue weighted by Gasteiger charge is -2.10. The van der Waals surface area contributed by atoms with E-state index in [2.05, 4.69) is 26.2 Å². The van der Waals surface area contributed by atoms with Crippen molar-refractivity contribution in [3.63, 3.8) is 0 Å². The highest BCUT2D eigenvalue weighted by Gasteiger charge is 2.10. The number of anilines is 2. The van der Waals surface area contributed by atoms with Crippen LogP contribution in [0, 0.1) is 13.8 Å². The second-order valence-corrected chi connectivity index (χ2v) is 5.51. The van der Waals surface area contributed by atoms with Crippen LogP contribution in [-0.2, 0) is 11.3 Å². The molecule has 6 nitrogen and oxygen atoms in total. The zero-order valence-corrected chi connectivity index (χ0v) is 13.3. The highest BCUT2D eigenvalue weighted by Crippen LogP contribution is 2.19. The van der Waals surface area contributed by atoms with Gasteiger partial charge in [-0.25, -0.2) is 4.98 Å². The van der Waals surface area contributed by atoms with Crippen LogP contribution in [0.4, 0.5) is 11.4 Å². The van der Waals surface area contributed by atoms with Crippen molar-refractivity contribution in [2.24, 2.45) is 0 Å². The maximum atomic E-state index is 12.0. The fourth-order valence-electron chi connectivity index (χ4n) is 1.80. The summed E-state index contributed by atoms with van der Waals surface area (Å²) in [6.45, 7) is 3.50.